The lowest BCUT2D eigenvalue weighted by Gasteiger charge is -2.09. The standard InChI is InChI=1S/C13H15N3O2/c17-11-3-1-2-10(6-11)16-9-13(8-15-16)18-12-4-5-14-7-12/h1-3,6,8-9,12,14,17H,4-5,7H2. The Morgan fingerprint density at radius 1 is 1.44 bits per heavy atom. The van der Waals surface area contributed by atoms with Crippen LogP contribution in [0, 0.1) is 0 Å². The van der Waals surface area contributed by atoms with Crippen LogP contribution in [0.25, 0.3) is 5.69 Å². The molecule has 0 saturated carbocycles. The highest BCUT2D eigenvalue weighted by atomic mass is 16.5. The molecule has 94 valence electrons. The molecule has 1 fully saturated rings. The second kappa shape index (κ2) is 4.70. The van der Waals surface area contributed by atoms with Crippen LogP contribution in [-0.2, 0) is 0 Å². The number of aromatic hydroxyl groups is 1. The van der Waals surface area contributed by atoms with Gasteiger partial charge in [0, 0.05) is 12.6 Å². The van der Waals surface area contributed by atoms with E-state index in [0.717, 1.165) is 30.9 Å². The van der Waals surface area contributed by atoms with Crippen LogP contribution in [0.4, 0.5) is 0 Å². The third-order valence-corrected chi connectivity index (χ3v) is 2.97. The molecule has 0 bridgehead atoms. The molecule has 2 heterocycles. The molecule has 1 aromatic carbocycles. The van der Waals surface area contributed by atoms with Crippen molar-refractivity contribution >= 4 is 0 Å². The van der Waals surface area contributed by atoms with E-state index < -0.39 is 0 Å². The van der Waals surface area contributed by atoms with Gasteiger partial charge in [-0.05, 0) is 25.1 Å². The third kappa shape index (κ3) is 2.31. The molecule has 3 rings (SSSR count). The highest BCUT2D eigenvalue weighted by molar-refractivity contribution is 5.38. The van der Waals surface area contributed by atoms with Gasteiger partial charge < -0.3 is 15.2 Å². The van der Waals surface area contributed by atoms with E-state index in [0.29, 0.717) is 0 Å². The topological polar surface area (TPSA) is 59.3 Å². The van der Waals surface area contributed by atoms with E-state index in [4.69, 9.17) is 4.74 Å². The lowest BCUT2D eigenvalue weighted by Crippen LogP contribution is -2.19. The number of ether oxygens (including phenoxy) is 1. The predicted octanol–water partition coefficient (Wildman–Crippen LogP) is 1.32. The fourth-order valence-corrected chi connectivity index (χ4v) is 2.07. The highest BCUT2D eigenvalue weighted by Gasteiger charge is 2.16. The Labute approximate surface area is 105 Å². The fraction of sp³-hybridized carbons (Fsp3) is 0.308. The average Bonchev–Trinajstić information content (AvgIpc) is 3.01. The molecule has 5 heteroatoms. The van der Waals surface area contributed by atoms with Crippen LogP contribution >= 0.6 is 0 Å². The molecular weight excluding hydrogens is 230 g/mol. The average molecular weight is 245 g/mol. The summed E-state index contributed by atoms with van der Waals surface area (Å²) >= 11 is 0. The van der Waals surface area contributed by atoms with Gasteiger partial charge in [0.05, 0.1) is 18.1 Å². The van der Waals surface area contributed by atoms with Crippen molar-refractivity contribution in [2.45, 2.75) is 12.5 Å². The van der Waals surface area contributed by atoms with Gasteiger partial charge in [-0.2, -0.15) is 5.10 Å². The Kier molecular flexibility index (Phi) is 2.90. The highest BCUT2D eigenvalue weighted by Crippen LogP contribution is 2.19. The fourth-order valence-electron chi connectivity index (χ4n) is 2.07. The van der Waals surface area contributed by atoms with Crippen LogP contribution in [0.2, 0.25) is 0 Å². The van der Waals surface area contributed by atoms with Gasteiger partial charge in [0.15, 0.2) is 5.75 Å². The van der Waals surface area contributed by atoms with E-state index in [-0.39, 0.29) is 11.9 Å². The molecule has 18 heavy (non-hydrogen) atoms. The summed E-state index contributed by atoms with van der Waals surface area (Å²) < 4.78 is 7.49. The second-order valence-corrected chi connectivity index (χ2v) is 4.37. The van der Waals surface area contributed by atoms with Crippen molar-refractivity contribution in [2.75, 3.05) is 13.1 Å². The quantitative estimate of drug-likeness (QED) is 0.856. The van der Waals surface area contributed by atoms with Crippen molar-refractivity contribution < 1.29 is 9.84 Å². The first kappa shape index (κ1) is 11.1. The summed E-state index contributed by atoms with van der Waals surface area (Å²) in [6, 6.07) is 6.96. The van der Waals surface area contributed by atoms with Gasteiger partial charge in [-0.1, -0.05) is 6.07 Å². The summed E-state index contributed by atoms with van der Waals surface area (Å²) in [6.45, 7) is 1.89. The van der Waals surface area contributed by atoms with Crippen molar-refractivity contribution in [1.82, 2.24) is 15.1 Å². The monoisotopic (exact) mass is 245 g/mol. The van der Waals surface area contributed by atoms with Crippen LogP contribution in [0.3, 0.4) is 0 Å². The first-order valence-corrected chi connectivity index (χ1v) is 6.03. The van der Waals surface area contributed by atoms with Crippen LogP contribution in [0.15, 0.2) is 36.7 Å². The van der Waals surface area contributed by atoms with Crippen molar-refractivity contribution in [3.05, 3.63) is 36.7 Å². The summed E-state index contributed by atoms with van der Waals surface area (Å²) in [7, 11) is 0. The normalized spacial score (nSPS) is 19.0. The molecule has 0 aliphatic carbocycles. The minimum Gasteiger partial charge on any atom is -0.508 e. The maximum absolute atomic E-state index is 9.43. The van der Waals surface area contributed by atoms with Gasteiger partial charge in [0.25, 0.3) is 0 Å². The molecular formula is C13H15N3O2. The molecule has 1 aliphatic rings. The summed E-state index contributed by atoms with van der Waals surface area (Å²) in [4.78, 5) is 0. The smallest absolute Gasteiger partial charge is 0.158 e. The van der Waals surface area contributed by atoms with E-state index in [1.54, 1.807) is 29.1 Å². The van der Waals surface area contributed by atoms with E-state index >= 15 is 0 Å². The molecule has 2 N–H and O–H groups in total. The van der Waals surface area contributed by atoms with Gasteiger partial charge in [-0.15, -0.1) is 0 Å². The molecule has 0 radical (unpaired) electrons. The Hall–Kier alpha value is -2.01. The molecule has 0 amide bonds. The zero-order chi connectivity index (χ0) is 12.4. The summed E-state index contributed by atoms with van der Waals surface area (Å²) in [5, 5.41) is 16.9. The molecule has 1 aromatic heterocycles. The summed E-state index contributed by atoms with van der Waals surface area (Å²) in [5.41, 5.74) is 0.814. The Morgan fingerprint density at radius 2 is 2.39 bits per heavy atom. The second-order valence-electron chi connectivity index (χ2n) is 4.37. The molecule has 1 atom stereocenters. The number of benzene rings is 1. The summed E-state index contributed by atoms with van der Waals surface area (Å²) in [6.07, 6.45) is 4.78. The Balaban J connectivity index is 1.76. The van der Waals surface area contributed by atoms with Crippen molar-refractivity contribution in [3.8, 4) is 17.2 Å². The number of phenolic OH excluding ortho intramolecular Hbond substituents is 1. The Bertz CT molecular complexity index is 533. The number of phenols is 1. The zero-order valence-corrected chi connectivity index (χ0v) is 9.91. The van der Waals surface area contributed by atoms with Crippen LogP contribution in [-0.4, -0.2) is 34.1 Å². The van der Waals surface area contributed by atoms with Gasteiger partial charge in [-0.25, -0.2) is 4.68 Å². The number of nitrogens with one attached hydrogen (secondary N) is 1. The molecule has 1 aliphatic heterocycles. The summed E-state index contributed by atoms with van der Waals surface area (Å²) in [5.74, 6) is 0.984. The molecule has 1 saturated heterocycles. The van der Waals surface area contributed by atoms with E-state index in [1.165, 1.54) is 0 Å². The van der Waals surface area contributed by atoms with Crippen molar-refractivity contribution in [1.29, 1.82) is 0 Å². The van der Waals surface area contributed by atoms with Crippen molar-refractivity contribution in [2.24, 2.45) is 0 Å². The van der Waals surface area contributed by atoms with Gasteiger partial charge in [0.2, 0.25) is 0 Å². The first-order valence-electron chi connectivity index (χ1n) is 6.03. The first-order chi connectivity index (χ1) is 8.81. The predicted molar refractivity (Wildman–Crippen MR) is 67.1 cm³/mol. The molecule has 0 spiro atoms. The van der Waals surface area contributed by atoms with Gasteiger partial charge in [0.1, 0.15) is 11.9 Å². The minimum absolute atomic E-state index is 0.227. The SMILES string of the molecule is Oc1cccc(-n2cc(OC3CCNC3)cn2)c1. The number of aromatic nitrogens is 2. The van der Waals surface area contributed by atoms with Crippen LogP contribution < -0.4 is 10.1 Å². The lowest BCUT2D eigenvalue weighted by atomic mass is 10.3. The number of hydrogen-bond acceptors (Lipinski definition) is 4. The van der Waals surface area contributed by atoms with E-state index in [1.807, 2.05) is 12.3 Å². The maximum atomic E-state index is 9.43. The van der Waals surface area contributed by atoms with Crippen LogP contribution in [0.5, 0.6) is 11.5 Å². The van der Waals surface area contributed by atoms with Crippen molar-refractivity contribution in [3.63, 3.8) is 0 Å². The Morgan fingerprint density at radius 3 is 3.17 bits per heavy atom. The minimum atomic E-state index is 0.227. The van der Waals surface area contributed by atoms with Crippen LogP contribution in [0.1, 0.15) is 6.42 Å². The number of nitrogens with zero attached hydrogens (tertiary/aromatic N) is 2. The van der Waals surface area contributed by atoms with E-state index in [2.05, 4.69) is 10.4 Å². The number of hydrogen-bond donors (Lipinski definition) is 2. The molecule has 1 unspecified atom stereocenters. The molecule has 2 aromatic rings. The lowest BCUT2D eigenvalue weighted by molar-refractivity contribution is 0.223. The maximum Gasteiger partial charge on any atom is 0.158 e. The van der Waals surface area contributed by atoms with Gasteiger partial charge >= 0.3 is 0 Å². The zero-order valence-electron chi connectivity index (χ0n) is 9.91. The third-order valence-electron chi connectivity index (χ3n) is 2.97. The number of rotatable bonds is 3. The largest absolute Gasteiger partial charge is 0.508 e. The van der Waals surface area contributed by atoms with E-state index in [9.17, 15) is 5.11 Å². The van der Waals surface area contributed by atoms with Gasteiger partial charge in [-0.3, -0.25) is 0 Å². The molecule has 5 nitrogen and oxygen atoms in total.